The number of piperidine rings is 1. The van der Waals surface area contributed by atoms with Gasteiger partial charge in [0.1, 0.15) is 0 Å². The number of hydrogen-bond acceptors (Lipinski definition) is 4. The summed E-state index contributed by atoms with van der Waals surface area (Å²) in [6.07, 6.45) is -1.21. The van der Waals surface area contributed by atoms with Gasteiger partial charge in [0, 0.05) is 25.5 Å². The fourth-order valence-electron chi connectivity index (χ4n) is 2.03. The van der Waals surface area contributed by atoms with Gasteiger partial charge in [-0.05, 0) is 12.8 Å². The Labute approximate surface area is 123 Å². The molecule has 1 aromatic rings. The second-order valence-corrected chi connectivity index (χ2v) is 4.94. The van der Waals surface area contributed by atoms with Crippen molar-refractivity contribution in [2.75, 3.05) is 18.5 Å². The summed E-state index contributed by atoms with van der Waals surface area (Å²) in [5.74, 6) is -1.37. The van der Waals surface area contributed by atoms with Crippen LogP contribution in [0.15, 0.2) is 12.4 Å². The molecule has 2 N–H and O–H groups in total. The summed E-state index contributed by atoms with van der Waals surface area (Å²) in [6, 6.07) is -0.661. The quantitative estimate of drug-likeness (QED) is 0.820. The average Bonchev–Trinajstić information content (AvgIpc) is 2.45. The molecule has 1 fully saturated rings. The van der Waals surface area contributed by atoms with Gasteiger partial charge in [-0.2, -0.15) is 13.2 Å². The molecule has 1 unspecified atom stereocenters. The summed E-state index contributed by atoms with van der Waals surface area (Å²) < 4.78 is 38.0. The molecular weight excluding hydrogens is 311 g/mol. The van der Waals surface area contributed by atoms with Crippen molar-refractivity contribution in [3.8, 4) is 0 Å². The maximum absolute atomic E-state index is 12.7. The van der Waals surface area contributed by atoms with Gasteiger partial charge in [0.25, 0.3) is 0 Å². The van der Waals surface area contributed by atoms with Gasteiger partial charge in [-0.1, -0.05) is 11.6 Å². The molecule has 1 aliphatic rings. The Hall–Kier alpha value is -1.77. The maximum Gasteiger partial charge on any atom is 0.393 e. The van der Waals surface area contributed by atoms with Crippen LogP contribution in [-0.4, -0.2) is 40.2 Å². The molecule has 0 spiro atoms. The zero-order chi connectivity index (χ0) is 15.5. The molecular formula is C11H13ClF3N5O. The van der Waals surface area contributed by atoms with Crippen LogP contribution in [-0.2, 0) is 0 Å². The zero-order valence-corrected chi connectivity index (χ0v) is 11.6. The van der Waals surface area contributed by atoms with Crippen LogP contribution in [0.1, 0.15) is 12.8 Å². The number of hydrazine groups is 1. The van der Waals surface area contributed by atoms with E-state index in [4.69, 9.17) is 11.6 Å². The third kappa shape index (κ3) is 4.10. The topological polar surface area (TPSA) is 70.1 Å². The summed E-state index contributed by atoms with van der Waals surface area (Å²) in [7, 11) is 0. The molecule has 2 rings (SSSR count). The van der Waals surface area contributed by atoms with E-state index in [1.54, 1.807) is 0 Å². The summed E-state index contributed by atoms with van der Waals surface area (Å²) >= 11 is 5.73. The first-order valence-corrected chi connectivity index (χ1v) is 6.60. The largest absolute Gasteiger partial charge is 0.393 e. The second-order valence-electron chi connectivity index (χ2n) is 4.58. The Kier molecular flexibility index (Phi) is 4.71. The minimum Gasteiger partial charge on any atom is -0.323 e. The van der Waals surface area contributed by atoms with E-state index in [1.165, 1.54) is 12.4 Å². The summed E-state index contributed by atoms with van der Waals surface area (Å²) in [5, 5.41) is 0.0459. The molecule has 10 heteroatoms. The van der Waals surface area contributed by atoms with Crippen molar-refractivity contribution in [2.24, 2.45) is 5.92 Å². The van der Waals surface area contributed by atoms with Crippen LogP contribution in [0, 0.1) is 5.92 Å². The molecule has 21 heavy (non-hydrogen) atoms. The number of nitrogens with one attached hydrogen (secondary N) is 2. The highest BCUT2D eigenvalue weighted by Gasteiger charge is 2.42. The van der Waals surface area contributed by atoms with E-state index in [-0.39, 0.29) is 30.5 Å². The molecule has 0 saturated carbocycles. The Morgan fingerprint density at radius 3 is 2.76 bits per heavy atom. The van der Waals surface area contributed by atoms with Crippen LogP contribution < -0.4 is 10.9 Å². The minimum absolute atomic E-state index is 0.0384. The summed E-state index contributed by atoms with van der Waals surface area (Å²) in [5.41, 5.74) is 4.70. The normalized spacial score (nSPS) is 19.2. The number of likely N-dealkylation sites (tertiary alicyclic amines) is 1. The van der Waals surface area contributed by atoms with Crippen LogP contribution in [0.25, 0.3) is 0 Å². The van der Waals surface area contributed by atoms with Crippen molar-refractivity contribution in [2.45, 2.75) is 19.0 Å². The lowest BCUT2D eigenvalue weighted by molar-refractivity contribution is -0.183. The molecule has 0 radical (unpaired) electrons. The third-order valence-corrected chi connectivity index (χ3v) is 3.39. The van der Waals surface area contributed by atoms with Crippen molar-refractivity contribution in [3.05, 3.63) is 17.5 Å². The van der Waals surface area contributed by atoms with Crippen molar-refractivity contribution in [3.63, 3.8) is 0 Å². The Morgan fingerprint density at radius 1 is 1.38 bits per heavy atom. The molecule has 0 aromatic carbocycles. The standard InChI is InChI=1S/C11H13ClF3N5O/c12-8-9(17-4-3-16-8)18-19-10(21)20-5-1-2-7(6-20)11(13,14)15/h3-4,7H,1-2,5-6H2,(H,17,18)(H,19,21). The Bertz CT molecular complexity index is 513. The van der Waals surface area contributed by atoms with E-state index >= 15 is 0 Å². The van der Waals surface area contributed by atoms with Crippen LogP contribution in [0.4, 0.5) is 23.8 Å². The first-order valence-electron chi connectivity index (χ1n) is 6.22. The fraction of sp³-hybridized carbons (Fsp3) is 0.545. The van der Waals surface area contributed by atoms with E-state index in [1.807, 2.05) is 0 Å². The van der Waals surface area contributed by atoms with Crippen molar-refractivity contribution in [1.82, 2.24) is 20.3 Å². The fourth-order valence-corrected chi connectivity index (χ4v) is 2.18. The molecule has 0 bridgehead atoms. The molecule has 116 valence electrons. The van der Waals surface area contributed by atoms with Gasteiger partial charge in [-0.3, -0.25) is 10.9 Å². The number of rotatable bonds is 2. The second kappa shape index (κ2) is 6.33. The molecule has 1 saturated heterocycles. The Balaban J connectivity index is 1.90. The molecule has 0 aliphatic carbocycles. The lowest BCUT2D eigenvalue weighted by atomic mass is 9.98. The van der Waals surface area contributed by atoms with Gasteiger partial charge in [0.2, 0.25) is 0 Å². The molecule has 6 nitrogen and oxygen atoms in total. The number of amides is 2. The minimum atomic E-state index is -4.29. The van der Waals surface area contributed by atoms with E-state index in [2.05, 4.69) is 20.8 Å². The van der Waals surface area contributed by atoms with E-state index in [9.17, 15) is 18.0 Å². The van der Waals surface area contributed by atoms with E-state index in [0.717, 1.165) is 4.90 Å². The first-order chi connectivity index (χ1) is 9.88. The first kappa shape index (κ1) is 15.6. The number of hydrogen-bond donors (Lipinski definition) is 2. The van der Waals surface area contributed by atoms with Gasteiger partial charge in [-0.15, -0.1) is 0 Å². The van der Waals surface area contributed by atoms with Gasteiger partial charge < -0.3 is 4.90 Å². The highest BCUT2D eigenvalue weighted by atomic mass is 35.5. The van der Waals surface area contributed by atoms with Crippen LogP contribution >= 0.6 is 11.6 Å². The van der Waals surface area contributed by atoms with Crippen LogP contribution in [0.2, 0.25) is 5.15 Å². The zero-order valence-electron chi connectivity index (χ0n) is 10.8. The monoisotopic (exact) mass is 323 g/mol. The smallest absolute Gasteiger partial charge is 0.323 e. The summed E-state index contributed by atoms with van der Waals surface area (Å²) in [6.45, 7) is -0.0838. The predicted octanol–water partition coefficient (Wildman–Crippen LogP) is 2.44. The number of urea groups is 1. The van der Waals surface area contributed by atoms with E-state index < -0.39 is 18.1 Å². The van der Waals surface area contributed by atoms with Crippen molar-refractivity contribution >= 4 is 23.4 Å². The van der Waals surface area contributed by atoms with Gasteiger partial charge in [0.15, 0.2) is 11.0 Å². The highest BCUT2D eigenvalue weighted by molar-refractivity contribution is 6.31. The van der Waals surface area contributed by atoms with Crippen LogP contribution in [0.3, 0.4) is 0 Å². The lowest BCUT2D eigenvalue weighted by Gasteiger charge is -2.33. The number of aromatic nitrogens is 2. The number of carbonyl (C=O) groups is 1. The average molecular weight is 324 g/mol. The van der Waals surface area contributed by atoms with Crippen molar-refractivity contribution < 1.29 is 18.0 Å². The Morgan fingerprint density at radius 2 is 2.10 bits per heavy atom. The summed E-state index contributed by atoms with van der Waals surface area (Å²) in [4.78, 5) is 20.5. The van der Waals surface area contributed by atoms with Gasteiger partial charge in [0.05, 0.1) is 5.92 Å². The SMILES string of the molecule is O=C(NNc1nccnc1Cl)N1CCCC(C(F)(F)F)C1. The molecule has 2 heterocycles. The van der Waals surface area contributed by atoms with Gasteiger partial charge in [-0.25, -0.2) is 14.8 Å². The number of anilines is 1. The van der Waals surface area contributed by atoms with E-state index in [0.29, 0.717) is 6.42 Å². The van der Waals surface area contributed by atoms with Crippen molar-refractivity contribution in [1.29, 1.82) is 0 Å². The molecule has 1 atom stereocenters. The lowest BCUT2D eigenvalue weighted by Crippen LogP contribution is -2.49. The maximum atomic E-state index is 12.7. The van der Waals surface area contributed by atoms with Gasteiger partial charge >= 0.3 is 12.2 Å². The van der Waals surface area contributed by atoms with Crippen LogP contribution in [0.5, 0.6) is 0 Å². The molecule has 1 aliphatic heterocycles. The molecule has 1 aromatic heterocycles. The number of halogens is 4. The molecule has 2 amide bonds. The predicted molar refractivity (Wildman–Crippen MR) is 69.5 cm³/mol. The third-order valence-electron chi connectivity index (χ3n) is 3.11. The number of alkyl halides is 3. The highest BCUT2D eigenvalue weighted by Crippen LogP contribution is 2.33. The number of carbonyl (C=O) groups excluding carboxylic acids is 1. The number of nitrogens with zero attached hydrogens (tertiary/aromatic N) is 3.